The van der Waals surface area contributed by atoms with E-state index in [1.54, 1.807) is 6.20 Å². The molecule has 0 amide bonds. The van der Waals surface area contributed by atoms with Gasteiger partial charge in [-0.2, -0.15) is 13.2 Å². The van der Waals surface area contributed by atoms with Crippen LogP contribution in [-0.4, -0.2) is 11.9 Å². The molecule has 0 saturated heterocycles. The summed E-state index contributed by atoms with van der Waals surface area (Å²) in [6.45, 7) is 1.85. The summed E-state index contributed by atoms with van der Waals surface area (Å²) < 4.78 is 38.5. The van der Waals surface area contributed by atoms with Gasteiger partial charge in [0.1, 0.15) is 0 Å². The topological polar surface area (TPSA) is 12.4 Å². The Morgan fingerprint density at radius 2 is 1.90 bits per heavy atom. The normalized spacial score (nSPS) is 27.8. The van der Waals surface area contributed by atoms with Crippen LogP contribution in [0.25, 0.3) is 0 Å². The lowest BCUT2D eigenvalue weighted by atomic mass is 9.91. The van der Waals surface area contributed by atoms with Gasteiger partial charge in [-0.05, 0) is 56.3 Å². The van der Waals surface area contributed by atoms with Crippen LogP contribution in [0.2, 0.25) is 0 Å². The standard InChI is InChI=1S/C16H18F3N/c1-12-15(9-4-2-3-5-10-20-12)13-7-6-8-14(11-13)16(17,18)19/h5,7,9-11H,2-4,6,8H2,1H3/b10-5-,15-9-,20-12+. The van der Waals surface area contributed by atoms with Crippen molar-refractivity contribution in [3.8, 4) is 0 Å². The van der Waals surface area contributed by atoms with Crippen LogP contribution in [0.1, 0.15) is 39.0 Å². The van der Waals surface area contributed by atoms with Gasteiger partial charge in [-0.15, -0.1) is 0 Å². The molecule has 0 radical (unpaired) electrons. The molecule has 1 nitrogen and oxygen atoms in total. The maximum atomic E-state index is 12.8. The van der Waals surface area contributed by atoms with Crippen molar-refractivity contribution in [1.29, 1.82) is 0 Å². The van der Waals surface area contributed by atoms with Gasteiger partial charge >= 0.3 is 6.18 Å². The fourth-order valence-corrected chi connectivity index (χ4v) is 2.38. The number of alkyl halides is 3. The summed E-state index contributed by atoms with van der Waals surface area (Å²) in [6.07, 6.45) is 7.96. The zero-order valence-electron chi connectivity index (χ0n) is 11.5. The second-order valence-corrected chi connectivity index (χ2v) is 5.01. The lowest BCUT2D eigenvalue weighted by Crippen LogP contribution is -2.15. The highest BCUT2D eigenvalue weighted by Crippen LogP contribution is 2.35. The molecular formula is C16H18F3N. The van der Waals surface area contributed by atoms with Gasteiger partial charge in [0.15, 0.2) is 0 Å². The Morgan fingerprint density at radius 3 is 2.65 bits per heavy atom. The average molecular weight is 281 g/mol. The second-order valence-electron chi connectivity index (χ2n) is 5.01. The predicted octanol–water partition coefficient (Wildman–Crippen LogP) is 5.28. The number of hydrogen-bond donors (Lipinski definition) is 0. The molecule has 0 aromatic carbocycles. The summed E-state index contributed by atoms with van der Waals surface area (Å²) in [5.74, 6) is 0. The molecule has 108 valence electrons. The van der Waals surface area contributed by atoms with E-state index in [0.29, 0.717) is 12.0 Å². The number of nitrogens with zero attached hydrogens (tertiary/aromatic N) is 1. The summed E-state index contributed by atoms with van der Waals surface area (Å²) in [6, 6.07) is 0. The minimum absolute atomic E-state index is 0.0658. The Hall–Kier alpha value is -1.58. The van der Waals surface area contributed by atoms with Gasteiger partial charge in [0.25, 0.3) is 0 Å². The van der Waals surface area contributed by atoms with Crippen LogP contribution in [0.4, 0.5) is 13.2 Å². The van der Waals surface area contributed by atoms with Gasteiger partial charge in [-0.3, -0.25) is 4.99 Å². The van der Waals surface area contributed by atoms with Gasteiger partial charge in [0, 0.05) is 17.5 Å². The van der Waals surface area contributed by atoms with Crippen molar-refractivity contribution >= 4 is 5.71 Å². The van der Waals surface area contributed by atoms with Crippen molar-refractivity contribution in [3.63, 3.8) is 0 Å². The van der Waals surface area contributed by atoms with Crippen molar-refractivity contribution in [3.05, 3.63) is 47.2 Å². The molecule has 1 heterocycles. The van der Waals surface area contributed by atoms with Crippen LogP contribution in [0.5, 0.6) is 0 Å². The first-order valence-corrected chi connectivity index (χ1v) is 6.87. The summed E-state index contributed by atoms with van der Waals surface area (Å²) in [7, 11) is 0. The van der Waals surface area contributed by atoms with Crippen LogP contribution < -0.4 is 0 Å². The monoisotopic (exact) mass is 281 g/mol. The Balaban J connectivity index is 2.33. The molecule has 4 heteroatoms. The van der Waals surface area contributed by atoms with Crippen LogP contribution in [0.3, 0.4) is 0 Å². The van der Waals surface area contributed by atoms with E-state index >= 15 is 0 Å². The van der Waals surface area contributed by atoms with E-state index in [1.807, 2.05) is 25.2 Å². The highest BCUT2D eigenvalue weighted by molar-refractivity contribution is 6.03. The molecule has 0 spiro atoms. The van der Waals surface area contributed by atoms with E-state index in [2.05, 4.69) is 4.99 Å². The third kappa shape index (κ3) is 3.71. The van der Waals surface area contributed by atoms with Crippen molar-refractivity contribution in [2.75, 3.05) is 0 Å². The maximum absolute atomic E-state index is 12.8. The maximum Gasteiger partial charge on any atom is 0.412 e. The number of hydrogen-bond acceptors (Lipinski definition) is 1. The fraction of sp³-hybridized carbons (Fsp3) is 0.438. The molecule has 0 unspecified atom stereocenters. The van der Waals surface area contributed by atoms with Crippen molar-refractivity contribution in [1.82, 2.24) is 0 Å². The van der Waals surface area contributed by atoms with Crippen LogP contribution >= 0.6 is 0 Å². The van der Waals surface area contributed by atoms with E-state index in [9.17, 15) is 13.2 Å². The molecule has 1 aliphatic carbocycles. The van der Waals surface area contributed by atoms with Gasteiger partial charge in [0.2, 0.25) is 0 Å². The highest BCUT2D eigenvalue weighted by atomic mass is 19.4. The zero-order valence-corrected chi connectivity index (χ0v) is 11.5. The molecule has 0 atom stereocenters. The number of rotatable bonds is 1. The lowest BCUT2D eigenvalue weighted by Gasteiger charge is -2.18. The molecular weight excluding hydrogens is 263 g/mol. The van der Waals surface area contributed by atoms with Crippen LogP contribution in [0.15, 0.2) is 52.2 Å². The van der Waals surface area contributed by atoms with Gasteiger partial charge in [0.05, 0.1) is 0 Å². The van der Waals surface area contributed by atoms with Gasteiger partial charge in [-0.25, -0.2) is 0 Å². The van der Waals surface area contributed by atoms with E-state index < -0.39 is 11.7 Å². The molecule has 2 aliphatic rings. The van der Waals surface area contributed by atoms with E-state index in [0.717, 1.165) is 30.5 Å². The average Bonchev–Trinajstić information content (AvgIpc) is 2.50. The van der Waals surface area contributed by atoms with E-state index in [4.69, 9.17) is 0 Å². The molecule has 0 N–H and O–H groups in total. The molecule has 0 aromatic rings. The van der Waals surface area contributed by atoms with E-state index in [1.165, 1.54) is 6.08 Å². The predicted molar refractivity (Wildman–Crippen MR) is 75.6 cm³/mol. The molecule has 2 rings (SSSR count). The van der Waals surface area contributed by atoms with Crippen LogP contribution in [-0.2, 0) is 0 Å². The van der Waals surface area contributed by atoms with Crippen molar-refractivity contribution in [2.24, 2.45) is 4.99 Å². The summed E-state index contributed by atoms with van der Waals surface area (Å²) in [5.41, 5.74) is 1.81. The molecule has 0 aromatic heterocycles. The Labute approximate surface area is 117 Å². The molecule has 0 fully saturated rings. The SMILES string of the molecule is CC1=N\C=C/CCC\C=C\1C1=CCCC(C(F)(F)F)=C1. The number of halogens is 3. The molecule has 0 saturated carbocycles. The van der Waals surface area contributed by atoms with Crippen molar-refractivity contribution < 1.29 is 13.2 Å². The zero-order chi connectivity index (χ0) is 14.6. The Morgan fingerprint density at radius 1 is 1.10 bits per heavy atom. The Kier molecular flexibility index (Phi) is 4.63. The fourth-order valence-electron chi connectivity index (χ4n) is 2.38. The minimum Gasteiger partial charge on any atom is -0.261 e. The summed E-state index contributed by atoms with van der Waals surface area (Å²) in [4.78, 5) is 4.30. The Bertz CT molecular complexity index is 516. The minimum atomic E-state index is -4.23. The van der Waals surface area contributed by atoms with Gasteiger partial charge < -0.3 is 0 Å². The number of aliphatic imine (C=N–C) groups is 1. The first-order chi connectivity index (χ1) is 9.48. The largest absolute Gasteiger partial charge is 0.412 e. The first kappa shape index (κ1) is 14.8. The summed E-state index contributed by atoms with van der Waals surface area (Å²) >= 11 is 0. The molecule has 20 heavy (non-hydrogen) atoms. The van der Waals surface area contributed by atoms with Crippen molar-refractivity contribution in [2.45, 2.75) is 45.2 Å². The van der Waals surface area contributed by atoms with Gasteiger partial charge in [-0.1, -0.05) is 18.2 Å². The smallest absolute Gasteiger partial charge is 0.261 e. The lowest BCUT2D eigenvalue weighted by molar-refractivity contribution is -0.0941. The summed E-state index contributed by atoms with van der Waals surface area (Å²) in [5, 5.41) is 0. The quantitative estimate of drug-likeness (QED) is 0.620. The third-order valence-corrected chi connectivity index (χ3v) is 3.47. The van der Waals surface area contributed by atoms with E-state index in [-0.39, 0.29) is 6.42 Å². The first-order valence-electron chi connectivity index (χ1n) is 6.87. The molecule has 1 aliphatic heterocycles. The second kappa shape index (κ2) is 6.25. The highest BCUT2D eigenvalue weighted by Gasteiger charge is 2.34. The van der Waals surface area contributed by atoms with Crippen LogP contribution in [0, 0.1) is 0 Å². The molecule has 0 bridgehead atoms. The third-order valence-electron chi connectivity index (χ3n) is 3.47. The number of allylic oxidation sites excluding steroid dienone is 7.